The van der Waals surface area contributed by atoms with Gasteiger partial charge in [-0.3, -0.25) is 18.6 Å². The predicted molar refractivity (Wildman–Crippen MR) is 128 cm³/mol. The zero-order valence-corrected chi connectivity index (χ0v) is 22.0. The molecule has 14 heteroatoms. The van der Waals surface area contributed by atoms with E-state index in [4.69, 9.17) is 16.7 Å². The van der Waals surface area contributed by atoms with Gasteiger partial charge in [0.25, 0.3) is 10.0 Å². The molecule has 1 aliphatic rings. The summed E-state index contributed by atoms with van der Waals surface area (Å²) < 4.78 is 73.7. The number of benzene rings is 1. The second-order valence-electron chi connectivity index (χ2n) is 9.30. The molecule has 37 heavy (non-hydrogen) atoms. The van der Waals surface area contributed by atoms with Crippen LogP contribution in [-0.2, 0) is 43.7 Å². The molecule has 0 spiro atoms. The van der Waals surface area contributed by atoms with Gasteiger partial charge in [-0.2, -0.15) is 18.3 Å². The number of carboxylic acid groups (broad SMARTS) is 1. The second-order valence-corrected chi connectivity index (χ2v) is 11.5. The molecule has 0 saturated carbocycles. The zero-order chi connectivity index (χ0) is 27.8. The third kappa shape index (κ3) is 6.38. The Morgan fingerprint density at radius 3 is 2.51 bits per heavy atom. The molecule has 9 nitrogen and oxygen atoms in total. The fraction of sp³-hybridized carbons (Fsp3) is 0.522. The minimum Gasteiger partial charge on any atom is -0.481 e. The number of aryl methyl sites for hydroxylation is 1. The van der Waals surface area contributed by atoms with Crippen molar-refractivity contribution in [2.24, 2.45) is 5.92 Å². The van der Waals surface area contributed by atoms with E-state index in [2.05, 4.69) is 9.84 Å². The molecule has 3 rings (SSSR count). The maximum Gasteiger partial charge on any atom is 0.427 e. The number of ether oxygens (including phenoxy) is 1. The Kier molecular flexibility index (Phi) is 8.18. The number of nitrogens with zero attached hydrogens (tertiary/aromatic N) is 3. The average Bonchev–Trinajstić information content (AvgIpc) is 3.17. The average molecular weight is 566 g/mol. The normalized spacial score (nSPS) is 16.4. The van der Waals surface area contributed by atoms with Crippen molar-refractivity contribution in [1.29, 1.82) is 0 Å². The van der Waals surface area contributed by atoms with Gasteiger partial charge in [0.05, 0.1) is 12.1 Å². The highest BCUT2D eigenvalue weighted by atomic mass is 35.5. The first-order chi connectivity index (χ1) is 17.0. The van der Waals surface area contributed by atoms with E-state index >= 15 is 0 Å². The summed E-state index contributed by atoms with van der Waals surface area (Å²) in [4.78, 5) is 23.1. The van der Waals surface area contributed by atoms with Gasteiger partial charge in [0, 0.05) is 25.7 Å². The molecule has 204 valence electrons. The van der Waals surface area contributed by atoms with Crippen molar-refractivity contribution in [2.75, 3.05) is 10.8 Å². The van der Waals surface area contributed by atoms with Gasteiger partial charge in [-0.05, 0) is 56.7 Å². The first kappa shape index (κ1) is 28.8. The summed E-state index contributed by atoms with van der Waals surface area (Å²) in [6.45, 7) is 3.55. The molecular formula is C23H27ClF3N3O6S. The lowest BCUT2D eigenvalue weighted by molar-refractivity contribution is -0.257. The number of rotatable bonds is 9. The largest absolute Gasteiger partial charge is 0.481 e. The van der Waals surface area contributed by atoms with Crippen molar-refractivity contribution in [1.82, 2.24) is 9.78 Å². The number of hydrogen-bond acceptors (Lipinski definition) is 6. The van der Waals surface area contributed by atoms with E-state index in [0.717, 1.165) is 18.2 Å². The summed E-state index contributed by atoms with van der Waals surface area (Å²) in [6.07, 6.45) is -3.54. The molecule has 0 bridgehead atoms. The summed E-state index contributed by atoms with van der Waals surface area (Å²) in [7, 11) is -4.25. The van der Waals surface area contributed by atoms with Gasteiger partial charge in [-0.15, -0.1) is 0 Å². The summed E-state index contributed by atoms with van der Waals surface area (Å²) in [6, 6.07) is 4.51. The highest BCUT2D eigenvalue weighted by Gasteiger charge is 2.50. The standard InChI is InChI=1S/C23H27ClF3N3O6S/c1-4-29-13-18(21(24)28-29)37(34,35)30-12-15(6-8-19(31)32)9-16-7-5-14(10-17(16)30)11-20(33)36-22(2,3)23(25,26)27/h5,7,10,13,15H,4,6,8-9,11-12H2,1-3H3,(H,31,32)/t15-/m0/s1. The second kappa shape index (κ2) is 10.5. The lowest BCUT2D eigenvalue weighted by Crippen LogP contribution is -2.43. The number of esters is 1. The van der Waals surface area contributed by atoms with Crippen LogP contribution in [0, 0.1) is 5.92 Å². The Balaban J connectivity index is 1.98. The van der Waals surface area contributed by atoms with Crippen LogP contribution in [0.5, 0.6) is 0 Å². The van der Waals surface area contributed by atoms with Crippen LogP contribution in [0.1, 0.15) is 44.7 Å². The Hall–Kier alpha value is -2.80. The number of halogens is 4. The number of aliphatic carboxylic acids is 1. The van der Waals surface area contributed by atoms with Gasteiger partial charge in [-0.1, -0.05) is 23.7 Å². The smallest absolute Gasteiger partial charge is 0.427 e. The lowest BCUT2D eigenvalue weighted by Gasteiger charge is -2.35. The SMILES string of the molecule is CCn1cc(S(=O)(=O)N2C[C@@H](CCC(=O)O)Cc3ccc(CC(=O)OC(C)(C)C(F)(F)F)cc32)c(Cl)n1. The van der Waals surface area contributed by atoms with E-state index in [1.165, 1.54) is 23.0 Å². The maximum absolute atomic E-state index is 13.7. The van der Waals surface area contributed by atoms with Crippen LogP contribution in [0.2, 0.25) is 5.15 Å². The first-order valence-electron chi connectivity index (χ1n) is 11.4. The number of carbonyl (C=O) groups is 2. The van der Waals surface area contributed by atoms with E-state index in [1.807, 2.05) is 0 Å². The minimum atomic E-state index is -4.77. The molecule has 0 amide bonds. The quantitative estimate of drug-likeness (QED) is 0.452. The third-order valence-electron chi connectivity index (χ3n) is 6.10. The fourth-order valence-electron chi connectivity index (χ4n) is 3.96. The van der Waals surface area contributed by atoms with Crippen molar-refractivity contribution < 1.29 is 41.0 Å². The van der Waals surface area contributed by atoms with Crippen LogP contribution in [-0.4, -0.2) is 53.6 Å². The van der Waals surface area contributed by atoms with Crippen LogP contribution in [0.25, 0.3) is 0 Å². The van der Waals surface area contributed by atoms with Crippen LogP contribution in [0.4, 0.5) is 18.9 Å². The zero-order valence-electron chi connectivity index (χ0n) is 20.4. The highest BCUT2D eigenvalue weighted by Crippen LogP contribution is 2.38. The van der Waals surface area contributed by atoms with Gasteiger partial charge < -0.3 is 9.84 Å². The molecular weight excluding hydrogens is 539 g/mol. The van der Waals surface area contributed by atoms with Crippen LogP contribution in [0.15, 0.2) is 29.3 Å². The molecule has 0 unspecified atom stereocenters. The van der Waals surface area contributed by atoms with Crippen molar-refractivity contribution in [2.45, 2.75) is 69.7 Å². The molecule has 0 aliphatic carbocycles. The van der Waals surface area contributed by atoms with Crippen LogP contribution >= 0.6 is 11.6 Å². The number of carbonyl (C=O) groups excluding carboxylic acids is 1. The maximum atomic E-state index is 13.7. The molecule has 1 aromatic heterocycles. The number of alkyl halides is 3. The van der Waals surface area contributed by atoms with E-state index < -0.39 is 40.2 Å². The number of anilines is 1. The Bertz CT molecular complexity index is 1290. The molecule has 0 radical (unpaired) electrons. The summed E-state index contributed by atoms with van der Waals surface area (Å²) in [5.74, 6) is -2.45. The molecule has 1 atom stereocenters. The van der Waals surface area contributed by atoms with Crippen molar-refractivity contribution >= 4 is 39.3 Å². The number of carboxylic acids is 1. The van der Waals surface area contributed by atoms with E-state index in [0.29, 0.717) is 18.5 Å². The van der Waals surface area contributed by atoms with Gasteiger partial charge >= 0.3 is 18.1 Å². The Labute approximate surface area is 217 Å². The molecule has 1 N–H and O–H groups in total. The summed E-state index contributed by atoms with van der Waals surface area (Å²) >= 11 is 6.12. The molecule has 1 aromatic carbocycles. The van der Waals surface area contributed by atoms with Crippen molar-refractivity contribution in [3.05, 3.63) is 40.7 Å². The van der Waals surface area contributed by atoms with Crippen molar-refractivity contribution in [3.63, 3.8) is 0 Å². The molecule has 2 heterocycles. The van der Waals surface area contributed by atoms with Gasteiger partial charge in [0.2, 0.25) is 5.60 Å². The molecule has 0 saturated heterocycles. The van der Waals surface area contributed by atoms with Crippen molar-refractivity contribution in [3.8, 4) is 0 Å². The fourth-order valence-corrected chi connectivity index (χ4v) is 5.98. The van der Waals surface area contributed by atoms with Gasteiger partial charge in [0.15, 0.2) is 5.15 Å². The first-order valence-corrected chi connectivity index (χ1v) is 13.2. The van der Waals surface area contributed by atoms with E-state index in [-0.39, 0.29) is 46.6 Å². The van der Waals surface area contributed by atoms with Gasteiger partial charge in [0.1, 0.15) is 4.90 Å². The molecule has 2 aromatic rings. The van der Waals surface area contributed by atoms with E-state index in [1.54, 1.807) is 13.0 Å². The summed E-state index contributed by atoms with van der Waals surface area (Å²) in [5.41, 5.74) is -1.63. The summed E-state index contributed by atoms with van der Waals surface area (Å²) in [5, 5.41) is 12.8. The third-order valence-corrected chi connectivity index (χ3v) is 8.27. The number of fused-ring (bicyclic) bond motifs is 1. The van der Waals surface area contributed by atoms with Crippen LogP contribution < -0.4 is 4.31 Å². The lowest BCUT2D eigenvalue weighted by atomic mass is 9.89. The van der Waals surface area contributed by atoms with E-state index in [9.17, 15) is 31.2 Å². The number of sulfonamides is 1. The van der Waals surface area contributed by atoms with Crippen LogP contribution in [0.3, 0.4) is 0 Å². The number of hydrogen-bond donors (Lipinski definition) is 1. The topological polar surface area (TPSA) is 119 Å². The monoisotopic (exact) mass is 565 g/mol. The highest BCUT2D eigenvalue weighted by molar-refractivity contribution is 7.93. The molecule has 0 fully saturated rings. The Morgan fingerprint density at radius 1 is 1.27 bits per heavy atom. The number of aromatic nitrogens is 2. The van der Waals surface area contributed by atoms with Gasteiger partial charge in [-0.25, -0.2) is 8.42 Å². The Morgan fingerprint density at radius 2 is 1.95 bits per heavy atom. The predicted octanol–water partition coefficient (Wildman–Crippen LogP) is 4.22. The minimum absolute atomic E-state index is 0.0503. The molecule has 1 aliphatic heterocycles.